The normalized spacial score (nSPS) is 25.4. The Morgan fingerprint density at radius 3 is 2.76 bits per heavy atom. The van der Waals surface area contributed by atoms with E-state index in [0.717, 1.165) is 0 Å². The summed E-state index contributed by atoms with van der Waals surface area (Å²) in [6.07, 6.45) is -4.80. The summed E-state index contributed by atoms with van der Waals surface area (Å²) in [5.41, 5.74) is -1.93. The monoisotopic (exact) mass is 300 g/mol. The first-order valence-corrected chi connectivity index (χ1v) is 6.77. The maximum atomic E-state index is 13.5. The molecule has 2 heterocycles. The fourth-order valence-corrected chi connectivity index (χ4v) is 2.88. The van der Waals surface area contributed by atoms with Crippen molar-refractivity contribution in [2.24, 2.45) is 5.41 Å². The smallest absolute Gasteiger partial charge is 0.404 e. The van der Waals surface area contributed by atoms with Crippen LogP contribution in [0.25, 0.3) is 0 Å². The number of nitrogens with one attached hydrogen (secondary N) is 1. The van der Waals surface area contributed by atoms with E-state index in [1.165, 1.54) is 4.90 Å². The molecule has 3 rings (SSSR count). The number of rotatable bonds is 1. The largest absolute Gasteiger partial charge is 0.490 e. The van der Waals surface area contributed by atoms with Crippen molar-refractivity contribution >= 4 is 11.6 Å². The third-order valence-corrected chi connectivity index (χ3v) is 4.08. The number of carbonyl (C=O) groups excluding carboxylic acids is 1. The molecule has 0 spiro atoms. The highest BCUT2D eigenvalue weighted by Gasteiger charge is 2.62. The van der Waals surface area contributed by atoms with Crippen LogP contribution in [0.15, 0.2) is 24.3 Å². The highest BCUT2D eigenvalue weighted by Crippen LogP contribution is 2.46. The van der Waals surface area contributed by atoms with E-state index >= 15 is 0 Å². The minimum Gasteiger partial charge on any atom is -0.490 e. The molecule has 1 N–H and O–H groups in total. The quantitative estimate of drug-likeness (QED) is 0.862. The summed E-state index contributed by atoms with van der Waals surface area (Å²) in [6.45, 7) is 0.157. The van der Waals surface area contributed by atoms with E-state index in [1.807, 2.05) is 0 Å². The summed E-state index contributed by atoms with van der Waals surface area (Å²) in [5, 5.41) is 2.66. The SMILES string of the molecule is O=C(N1CCOc2ccccc21)C1(C(F)(F)F)CCNC1. The molecule has 1 atom stereocenters. The van der Waals surface area contributed by atoms with Gasteiger partial charge in [0.1, 0.15) is 12.4 Å². The van der Waals surface area contributed by atoms with E-state index < -0.39 is 17.5 Å². The van der Waals surface area contributed by atoms with Crippen molar-refractivity contribution in [3.63, 3.8) is 0 Å². The summed E-state index contributed by atoms with van der Waals surface area (Å²) in [5.74, 6) is -0.448. The van der Waals surface area contributed by atoms with Crippen LogP contribution in [0.5, 0.6) is 5.75 Å². The summed E-state index contributed by atoms with van der Waals surface area (Å²) in [7, 11) is 0. The Labute approximate surface area is 119 Å². The van der Waals surface area contributed by atoms with Crippen LogP contribution in [-0.4, -0.2) is 38.3 Å². The molecule has 0 bridgehead atoms. The third kappa shape index (κ3) is 2.16. The fraction of sp³-hybridized carbons (Fsp3) is 0.500. The number of hydrogen-bond acceptors (Lipinski definition) is 3. The Hall–Kier alpha value is -1.76. The second kappa shape index (κ2) is 4.91. The highest BCUT2D eigenvalue weighted by atomic mass is 19.4. The number of nitrogens with zero attached hydrogens (tertiary/aromatic N) is 1. The van der Waals surface area contributed by atoms with Crippen LogP contribution in [0.2, 0.25) is 0 Å². The molecule has 114 valence electrons. The Kier molecular flexibility index (Phi) is 3.32. The maximum Gasteiger partial charge on any atom is 0.404 e. The number of anilines is 1. The molecule has 4 nitrogen and oxygen atoms in total. The lowest BCUT2D eigenvalue weighted by Crippen LogP contribution is -2.55. The summed E-state index contributed by atoms with van der Waals surface area (Å²) in [6, 6.07) is 6.67. The zero-order valence-electron chi connectivity index (χ0n) is 11.2. The molecule has 2 aliphatic rings. The second-order valence-corrected chi connectivity index (χ2v) is 5.28. The Morgan fingerprint density at radius 1 is 1.33 bits per heavy atom. The second-order valence-electron chi connectivity index (χ2n) is 5.28. The van der Waals surface area contributed by atoms with E-state index in [2.05, 4.69) is 5.32 Å². The van der Waals surface area contributed by atoms with Crippen LogP contribution < -0.4 is 15.0 Å². The minimum atomic E-state index is -4.57. The van der Waals surface area contributed by atoms with Crippen molar-refractivity contribution in [1.29, 1.82) is 0 Å². The Bertz CT molecular complexity index is 553. The lowest BCUT2D eigenvalue weighted by atomic mass is 9.84. The fourth-order valence-electron chi connectivity index (χ4n) is 2.88. The van der Waals surface area contributed by atoms with Gasteiger partial charge in [-0.25, -0.2) is 0 Å². The molecule has 1 fully saturated rings. The molecule has 1 aromatic carbocycles. The first kappa shape index (κ1) is 14.2. The number of alkyl halides is 3. The number of para-hydroxylation sites is 2. The summed E-state index contributed by atoms with van der Waals surface area (Å²) >= 11 is 0. The van der Waals surface area contributed by atoms with Crippen LogP contribution in [0.1, 0.15) is 6.42 Å². The van der Waals surface area contributed by atoms with Gasteiger partial charge in [-0.15, -0.1) is 0 Å². The lowest BCUT2D eigenvalue weighted by molar-refractivity contribution is -0.214. The zero-order valence-corrected chi connectivity index (χ0v) is 11.2. The molecule has 21 heavy (non-hydrogen) atoms. The number of fused-ring (bicyclic) bond motifs is 1. The van der Waals surface area contributed by atoms with Gasteiger partial charge in [0.05, 0.1) is 12.2 Å². The molecule has 1 aromatic rings. The summed E-state index contributed by atoms with van der Waals surface area (Å²) < 4.78 is 45.8. The molecule has 1 saturated heterocycles. The minimum absolute atomic E-state index is 0.133. The van der Waals surface area contributed by atoms with Gasteiger partial charge in [-0.2, -0.15) is 13.2 Å². The van der Waals surface area contributed by atoms with Gasteiger partial charge in [0.25, 0.3) is 0 Å². The van der Waals surface area contributed by atoms with Gasteiger partial charge < -0.3 is 15.0 Å². The van der Waals surface area contributed by atoms with Gasteiger partial charge in [-0.1, -0.05) is 12.1 Å². The number of amides is 1. The number of halogens is 3. The van der Waals surface area contributed by atoms with Gasteiger partial charge in [0.2, 0.25) is 5.91 Å². The van der Waals surface area contributed by atoms with Crippen molar-refractivity contribution in [2.75, 3.05) is 31.1 Å². The van der Waals surface area contributed by atoms with Gasteiger partial charge in [0, 0.05) is 6.54 Å². The van der Waals surface area contributed by atoms with Crippen LogP contribution in [0.4, 0.5) is 18.9 Å². The van der Waals surface area contributed by atoms with E-state index in [1.54, 1.807) is 24.3 Å². The Morgan fingerprint density at radius 2 is 2.10 bits per heavy atom. The molecular weight excluding hydrogens is 285 g/mol. The highest BCUT2D eigenvalue weighted by molar-refractivity contribution is 6.00. The van der Waals surface area contributed by atoms with Crippen molar-refractivity contribution < 1.29 is 22.7 Å². The maximum absolute atomic E-state index is 13.5. The van der Waals surface area contributed by atoms with Crippen molar-refractivity contribution in [3.05, 3.63) is 24.3 Å². The number of ether oxygens (including phenoxy) is 1. The van der Waals surface area contributed by atoms with Gasteiger partial charge in [-0.3, -0.25) is 4.79 Å². The van der Waals surface area contributed by atoms with Crippen LogP contribution in [-0.2, 0) is 4.79 Å². The van der Waals surface area contributed by atoms with Crippen molar-refractivity contribution in [3.8, 4) is 5.75 Å². The average molecular weight is 300 g/mol. The average Bonchev–Trinajstić information content (AvgIpc) is 2.96. The van der Waals surface area contributed by atoms with Crippen LogP contribution in [0.3, 0.4) is 0 Å². The van der Waals surface area contributed by atoms with Gasteiger partial charge >= 0.3 is 6.18 Å². The van der Waals surface area contributed by atoms with Crippen molar-refractivity contribution in [1.82, 2.24) is 5.32 Å². The first-order chi connectivity index (χ1) is 9.96. The van der Waals surface area contributed by atoms with Crippen LogP contribution in [0, 0.1) is 5.41 Å². The predicted octanol–water partition coefficient (Wildman–Crippen LogP) is 1.95. The molecule has 0 saturated carbocycles. The predicted molar refractivity (Wildman–Crippen MR) is 70.3 cm³/mol. The molecule has 0 radical (unpaired) electrons. The topological polar surface area (TPSA) is 41.6 Å². The molecular formula is C14H15F3N2O2. The molecule has 1 amide bonds. The number of benzene rings is 1. The molecule has 2 aliphatic heterocycles. The van der Waals surface area contributed by atoms with Crippen molar-refractivity contribution in [2.45, 2.75) is 12.6 Å². The molecule has 7 heteroatoms. The van der Waals surface area contributed by atoms with Gasteiger partial charge in [0.15, 0.2) is 5.41 Å². The van der Waals surface area contributed by atoms with E-state index in [-0.39, 0.29) is 32.7 Å². The first-order valence-electron chi connectivity index (χ1n) is 6.77. The zero-order chi connectivity index (χ0) is 15.1. The van der Waals surface area contributed by atoms with E-state index in [4.69, 9.17) is 4.74 Å². The van der Waals surface area contributed by atoms with E-state index in [0.29, 0.717) is 11.4 Å². The molecule has 0 aromatic heterocycles. The van der Waals surface area contributed by atoms with Crippen LogP contribution >= 0.6 is 0 Å². The molecule has 1 unspecified atom stereocenters. The van der Waals surface area contributed by atoms with Gasteiger partial charge in [-0.05, 0) is 25.1 Å². The third-order valence-electron chi connectivity index (χ3n) is 4.08. The standard InChI is InChI=1S/C14H15F3N2O2/c15-14(16,17)13(5-6-18-9-13)12(20)19-7-8-21-11-4-2-1-3-10(11)19/h1-4,18H,5-9H2. The lowest BCUT2D eigenvalue weighted by Gasteiger charge is -2.37. The molecule has 0 aliphatic carbocycles. The number of carbonyl (C=O) groups is 1. The summed E-state index contributed by atoms with van der Waals surface area (Å²) in [4.78, 5) is 13.8. The Balaban J connectivity index is 1.99. The van der Waals surface area contributed by atoms with E-state index in [9.17, 15) is 18.0 Å². The number of hydrogen-bond donors (Lipinski definition) is 1.